The number of carbonyl (C=O) groups is 1. The first-order chi connectivity index (χ1) is 14.4. The molecule has 0 aliphatic carbocycles. The van der Waals surface area contributed by atoms with Crippen LogP contribution in [0.5, 0.6) is 5.75 Å². The second-order valence-electron chi connectivity index (χ2n) is 6.25. The van der Waals surface area contributed by atoms with Gasteiger partial charge in [0, 0.05) is 25.7 Å². The highest BCUT2D eigenvalue weighted by atomic mass is 127. The van der Waals surface area contributed by atoms with E-state index in [-0.39, 0.29) is 47.7 Å². The molecule has 0 unspecified atom stereocenters. The predicted octanol–water partition coefficient (Wildman–Crippen LogP) is 3.70. The van der Waals surface area contributed by atoms with Crippen LogP contribution in [0.1, 0.15) is 28.4 Å². The number of hydrogen-bond acceptors (Lipinski definition) is 3. The minimum absolute atomic E-state index is 0. The van der Waals surface area contributed by atoms with Crippen molar-refractivity contribution >= 4 is 35.8 Å². The number of nitrogens with zero attached hydrogens (tertiary/aromatic N) is 1. The standard InChI is InChI=1S/C21H25F3N4O2.HI/c1-3-26-21(27-11-10-14-6-4-7-15(12-14)19(29)25-2)28-13-16-17(22)8-5-9-18(16)30-20(23)24;/h4-9,12,20H,3,10-11,13H2,1-2H3,(H,25,29)(H2,26,27,28);1H. The third-order valence-electron chi connectivity index (χ3n) is 4.15. The van der Waals surface area contributed by atoms with Crippen molar-refractivity contribution in [3.8, 4) is 5.75 Å². The molecule has 0 radical (unpaired) electrons. The maximum absolute atomic E-state index is 14.1. The number of aliphatic imine (C=N–C) groups is 1. The van der Waals surface area contributed by atoms with Crippen LogP contribution in [-0.4, -0.2) is 38.6 Å². The molecule has 0 saturated heterocycles. The van der Waals surface area contributed by atoms with E-state index in [2.05, 4.69) is 25.7 Å². The second-order valence-corrected chi connectivity index (χ2v) is 6.25. The fourth-order valence-corrected chi connectivity index (χ4v) is 2.74. The molecule has 0 fully saturated rings. The van der Waals surface area contributed by atoms with Gasteiger partial charge in [-0.05, 0) is 43.2 Å². The summed E-state index contributed by atoms with van der Waals surface area (Å²) < 4.78 is 43.6. The summed E-state index contributed by atoms with van der Waals surface area (Å²) >= 11 is 0. The SMILES string of the molecule is CCNC(=NCc1c(F)cccc1OC(F)F)NCCc1cccc(C(=O)NC)c1.I. The van der Waals surface area contributed by atoms with E-state index in [4.69, 9.17) is 0 Å². The van der Waals surface area contributed by atoms with E-state index in [1.807, 2.05) is 19.1 Å². The number of guanidine groups is 1. The van der Waals surface area contributed by atoms with Crippen molar-refractivity contribution in [3.05, 3.63) is 65.0 Å². The van der Waals surface area contributed by atoms with Gasteiger partial charge in [-0.2, -0.15) is 8.78 Å². The van der Waals surface area contributed by atoms with E-state index in [9.17, 15) is 18.0 Å². The Labute approximate surface area is 196 Å². The lowest BCUT2D eigenvalue weighted by atomic mass is 10.1. The predicted molar refractivity (Wildman–Crippen MR) is 125 cm³/mol. The van der Waals surface area contributed by atoms with Gasteiger partial charge in [-0.3, -0.25) is 4.79 Å². The second kappa shape index (κ2) is 13.7. The van der Waals surface area contributed by atoms with Gasteiger partial charge in [0.25, 0.3) is 5.91 Å². The Morgan fingerprint density at radius 1 is 1.16 bits per heavy atom. The van der Waals surface area contributed by atoms with E-state index < -0.39 is 12.4 Å². The number of benzene rings is 2. The first-order valence-electron chi connectivity index (χ1n) is 9.50. The van der Waals surface area contributed by atoms with Crippen molar-refractivity contribution in [3.63, 3.8) is 0 Å². The lowest BCUT2D eigenvalue weighted by molar-refractivity contribution is -0.0506. The van der Waals surface area contributed by atoms with Gasteiger partial charge in [-0.25, -0.2) is 9.38 Å². The molecule has 31 heavy (non-hydrogen) atoms. The summed E-state index contributed by atoms with van der Waals surface area (Å²) in [7, 11) is 1.57. The summed E-state index contributed by atoms with van der Waals surface area (Å²) in [6.07, 6.45) is 0.620. The smallest absolute Gasteiger partial charge is 0.387 e. The Balaban J connectivity index is 0.00000480. The van der Waals surface area contributed by atoms with Crippen molar-refractivity contribution in [1.29, 1.82) is 0 Å². The zero-order valence-electron chi connectivity index (χ0n) is 17.3. The van der Waals surface area contributed by atoms with Crippen LogP contribution in [0, 0.1) is 5.82 Å². The van der Waals surface area contributed by atoms with E-state index in [1.165, 1.54) is 18.2 Å². The molecule has 0 spiro atoms. The van der Waals surface area contributed by atoms with Crippen LogP contribution in [0.25, 0.3) is 0 Å². The van der Waals surface area contributed by atoms with Crippen LogP contribution in [-0.2, 0) is 13.0 Å². The number of amides is 1. The van der Waals surface area contributed by atoms with Gasteiger partial charge in [0.2, 0.25) is 0 Å². The molecule has 2 aromatic rings. The molecule has 1 amide bonds. The molecule has 0 saturated carbocycles. The number of halogens is 4. The van der Waals surface area contributed by atoms with Crippen molar-refractivity contribution in [2.24, 2.45) is 4.99 Å². The summed E-state index contributed by atoms with van der Waals surface area (Å²) in [5, 5.41) is 8.71. The largest absolute Gasteiger partial charge is 0.434 e. The number of nitrogens with one attached hydrogen (secondary N) is 3. The number of ether oxygens (including phenoxy) is 1. The van der Waals surface area contributed by atoms with E-state index >= 15 is 0 Å². The molecule has 0 heterocycles. The first kappa shape index (κ1) is 26.5. The van der Waals surface area contributed by atoms with E-state index in [0.29, 0.717) is 31.0 Å². The summed E-state index contributed by atoms with van der Waals surface area (Å²) in [5.74, 6) is -0.660. The molecule has 2 rings (SSSR count). The minimum atomic E-state index is -3.05. The molecular weight excluding hydrogens is 524 g/mol. The van der Waals surface area contributed by atoms with E-state index in [0.717, 1.165) is 5.56 Å². The number of hydrogen-bond donors (Lipinski definition) is 3. The van der Waals surface area contributed by atoms with Crippen LogP contribution in [0.2, 0.25) is 0 Å². The molecule has 10 heteroatoms. The van der Waals surface area contributed by atoms with Crippen LogP contribution >= 0.6 is 24.0 Å². The van der Waals surface area contributed by atoms with Crippen molar-refractivity contribution < 1.29 is 22.7 Å². The van der Waals surface area contributed by atoms with Crippen LogP contribution in [0.3, 0.4) is 0 Å². The fraction of sp³-hybridized carbons (Fsp3) is 0.333. The van der Waals surface area contributed by atoms with Crippen molar-refractivity contribution in [1.82, 2.24) is 16.0 Å². The van der Waals surface area contributed by atoms with Crippen LogP contribution in [0.15, 0.2) is 47.5 Å². The number of carbonyl (C=O) groups excluding carboxylic acids is 1. The zero-order chi connectivity index (χ0) is 21.9. The Morgan fingerprint density at radius 3 is 2.58 bits per heavy atom. The van der Waals surface area contributed by atoms with Gasteiger partial charge in [0.05, 0.1) is 12.1 Å². The van der Waals surface area contributed by atoms with Gasteiger partial charge in [0.1, 0.15) is 11.6 Å². The lowest BCUT2D eigenvalue weighted by Gasteiger charge is -2.13. The highest BCUT2D eigenvalue weighted by Gasteiger charge is 2.13. The average Bonchev–Trinajstić information content (AvgIpc) is 2.72. The molecule has 3 N–H and O–H groups in total. The normalized spacial score (nSPS) is 11.0. The average molecular weight is 550 g/mol. The Hall–Kier alpha value is -2.50. The lowest BCUT2D eigenvalue weighted by Crippen LogP contribution is -2.38. The van der Waals surface area contributed by atoms with Gasteiger partial charge in [-0.15, -0.1) is 24.0 Å². The summed E-state index contributed by atoms with van der Waals surface area (Å²) in [4.78, 5) is 16.0. The van der Waals surface area contributed by atoms with Gasteiger partial charge in [-0.1, -0.05) is 18.2 Å². The molecule has 2 aromatic carbocycles. The number of rotatable bonds is 9. The molecule has 0 aliphatic rings. The van der Waals surface area contributed by atoms with Gasteiger partial charge in [0.15, 0.2) is 5.96 Å². The summed E-state index contributed by atoms with van der Waals surface area (Å²) in [6.45, 7) is -0.281. The molecule has 0 bridgehead atoms. The molecular formula is C21H26F3IN4O2. The highest BCUT2D eigenvalue weighted by Crippen LogP contribution is 2.24. The minimum Gasteiger partial charge on any atom is -0.434 e. The summed E-state index contributed by atoms with van der Waals surface area (Å²) in [5.41, 5.74) is 1.48. The summed E-state index contributed by atoms with van der Waals surface area (Å²) in [6, 6.07) is 11.0. The first-order valence-corrected chi connectivity index (χ1v) is 9.50. The molecule has 6 nitrogen and oxygen atoms in total. The number of alkyl halides is 2. The molecule has 0 atom stereocenters. The fourth-order valence-electron chi connectivity index (χ4n) is 2.74. The monoisotopic (exact) mass is 550 g/mol. The Morgan fingerprint density at radius 2 is 1.90 bits per heavy atom. The molecule has 170 valence electrons. The van der Waals surface area contributed by atoms with Gasteiger partial charge >= 0.3 is 6.61 Å². The van der Waals surface area contributed by atoms with Gasteiger partial charge < -0.3 is 20.7 Å². The van der Waals surface area contributed by atoms with E-state index in [1.54, 1.807) is 19.2 Å². The van der Waals surface area contributed by atoms with Crippen LogP contribution in [0.4, 0.5) is 13.2 Å². The Kier molecular flexibility index (Phi) is 11.8. The van der Waals surface area contributed by atoms with Crippen LogP contribution < -0.4 is 20.7 Å². The third-order valence-corrected chi connectivity index (χ3v) is 4.15. The maximum Gasteiger partial charge on any atom is 0.387 e. The van der Waals surface area contributed by atoms with Crippen molar-refractivity contribution in [2.45, 2.75) is 26.5 Å². The van der Waals surface area contributed by atoms with Crippen molar-refractivity contribution in [2.75, 3.05) is 20.1 Å². The maximum atomic E-state index is 14.1. The Bertz CT molecular complexity index is 881. The molecule has 0 aromatic heterocycles. The zero-order valence-corrected chi connectivity index (χ0v) is 19.6. The highest BCUT2D eigenvalue weighted by molar-refractivity contribution is 14.0. The third kappa shape index (κ3) is 8.64. The topological polar surface area (TPSA) is 74.8 Å². The molecule has 0 aliphatic heterocycles. The quantitative estimate of drug-likeness (QED) is 0.253.